The van der Waals surface area contributed by atoms with Gasteiger partial charge in [0.05, 0.1) is 12.3 Å². The minimum Gasteiger partial charge on any atom is -0.494 e. The van der Waals surface area contributed by atoms with Crippen molar-refractivity contribution in [1.82, 2.24) is 19.7 Å². The first-order valence-electron chi connectivity index (χ1n) is 10.9. The van der Waals surface area contributed by atoms with Gasteiger partial charge in [0.1, 0.15) is 23.1 Å². The first-order chi connectivity index (χ1) is 15.6. The number of benzene rings is 2. The predicted octanol–water partition coefficient (Wildman–Crippen LogP) is 4.94. The Balaban J connectivity index is 1.42. The number of fused-ring (bicyclic) bond motifs is 2. The van der Waals surface area contributed by atoms with Crippen LogP contribution in [0.3, 0.4) is 0 Å². The molecule has 8 heteroatoms. The summed E-state index contributed by atoms with van der Waals surface area (Å²) in [5.41, 5.74) is 1.95. The molecule has 3 heterocycles. The quantitative estimate of drug-likeness (QED) is 0.467. The van der Waals surface area contributed by atoms with Gasteiger partial charge in [-0.25, -0.2) is 4.39 Å². The minimum atomic E-state index is -0.507. The lowest BCUT2D eigenvalue weighted by atomic mass is 10.1. The van der Waals surface area contributed by atoms with Crippen LogP contribution < -0.4 is 10.1 Å². The molecule has 4 aromatic rings. The van der Waals surface area contributed by atoms with Gasteiger partial charge in [0.15, 0.2) is 5.82 Å². The summed E-state index contributed by atoms with van der Waals surface area (Å²) in [4.78, 5) is 15.9. The fraction of sp³-hybridized carbons (Fsp3) is 0.292. The van der Waals surface area contributed by atoms with E-state index in [1.807, 2.05) is 25.1 Å². The summed E-state index contributed by atoms with van der Waals surface area (Å²) in [7, 11) is 0. The summed E-state index contributed by atoms with van der Waals surface area (Å²) in [6, 6.07) is 12.0. The van der Waals surface area contributed by atoms with E-state index in [2.05, 4.69) is 25.1 Å². The number of aryl methyl sites for hydroxylation is 1. The van der Waals surface area contributed by atoms with Gasteiger partial charge in [-0.1, -0.05) is 6.42 Å². The number of carbonyl (C=O) groups is 1. The topological polar surface area (TPSA) is 84.8 Å². The minimum absolute atomic E-state index is 0.104. The van der Waals surface area contributed by atoms with Crippen LogP contribution in [0.2, 0.25) is 0 Å². The van der Waals surface area contributed by atoms with Crippen LogP contribution in [0, 0.1) is 5.82 Å². The molecule has 0 bridgehead atoms. The second-order valence-electron chi connectivity index (χ2n) is 7.92. The van der Waals surface area contributed by atoms with E-state index >= 15 is 0 Å². The van der Waals surface area contributed by atoms with Gasteiger partial charge in [-0.2, -0.15) is 0 Å². The monoisotopic (exact) mass is 433 g/mol. The van der Waals surface area contributed by atoms with E-state index < -0.39 is 11.7 Å². The molecule has 1 amide bonds. The first-order valence-corrected chi connectivity index (χ1v) is 10.9. The average molecular weight is 433 g/mol. The lowest BCUT2D eigenvalue weighted by Gasteiger charge is -2.10. The summed E-state index contributed by atoms with van der Waals surface area (Å²) < 4.78 is 22.2. The molecule has 1 aliphatic heterocycles. The number of amides is 1. The molecule has 0 aliphatic carbocycles. The fourth-order valence-electron chi connectivity index (χ4n) is 4.13. The smallest absolute Gasteiger partial charge is 0.272 e. The highest BCUT2D eigenvalue weighted by molar-refractivity contribution is 6.06. The van der Waals surface area contributed by atoms with Crippen molar-refractivity contribution in [2.75, 3.05) is 11.9 Å². The maximum Gasteiger partial charge on any atom is 0.272 e. The van der Waals surface area contributed by atoms with Crippen LogP contribution in [0.25, 0.3) is 22.3 Å². The molecule has 0 unspecified atom stereocenters. The Morgan fingerprint density at radius 2 is 2.06 bits per heavy atom. The van der Waals surface area contributed by atoms with Gasteiger partial charge >= 0.3 is 0 Å². The molecule has 7 nitrogen and oxygen atoms in total. The summed E-state index contributed by atoms with van der Waals surface area (Å²) in [6.07, 6.45) is 4.21. The molecule has 5 rings (SSSR count). The zero-order valence-corrected chi connectivity index (χ0v) is 17.8. The SMILES string of the molecule is CCOc1ccc2cc(C(=O)Nc3cc(-c4nnc5n4CCCCC5)ccc3F)[nH]c2c1. The molecule has 2 N–H and O–H groups in total. The van der Waals surface area contributed by atoms with E-state index in [0.717, 1.165) is 60.3 Å². The summed E-state index contributed by atoms with van der Waals surface area (Å²) >= 11 is 0. The third kappa shape index (κ3) is 3.84. The lowest BCUT2D eigenvalue weighted by molar-refractivity contribution is 0.102. The number of hydrogen-bond acceptors (Lipinski definition) is 4. The van der Waals surface area contributed by atoms with Gasteiger partial charge < -0.3 is 19.6 Å². The van der Waals surface area contributed by atoms with Crippen molar-refractivity contribution in [3.8, 4) is 17.1 Å². The van der Waals surface area contributed by atoms with E-state index in [0.29, 0.717) is 18.1 Å². The van der Waals surface area contributed by atoms with Crippen molar-refractivity contribution in [1.29, 1.82) is 0 Å². The maximum atomic E-state index is 14.5. The molecular formula is C24H24FN5O2. The lowest BCUT2D eigenvalue weighted by Crippen LogP contribution is -2.13. The van der Waals surface area contributed by atoms with Crippen LogP contribution in [0.15, 0.2) is 42.5 Å². The maximum absolute atomic E-state index is 14.5. The van der Waals surface area contributed by atoms with Gasteiger partial charge in [-0.15, -0.1) is 10.2 Å². The second-order valence-corrected chi connectivity index (χ2v) is 7.92. The van der Waals surface area contributed by atoms with Gasteiger partial charge in [-0.05, 0) is 56.2 Å². The molecule has 0 saturated carbocycles. The number of carbonyl (C=O) groups excluding carboxylic acids is 1. The number of ether oxygens (including phenoxy) is 1. The van der Waals surface area contributed by atoms with Crippen molar-refractivity contribution in [3.63, 3.8) is 0 Å². The zero-order chi connectivity index (χ0) is 22.1. The van der Waals surface area contributed by atoms with Crippen molar-refractivity contribution in [2.45, 2.75) is 39.2 Å². The summed E-state index contributed by atoms with van der Waals surface area (Å²) in [6.45, 7) is 3.32. The third-order valence-corrected chi connectivity index (χ3v) is 5.73. The number of nitrogens with zero attached hydrogens (tertiary/aromatic N) is 3. The Morgan fingerprint density at radius 3 is 2.94 bits per heavy atom. The van der Waals surface area contributed by atoms with E-state index in [-0.39, 0.29) is 5.69 Å². The van der Waals surface area contributed by atoms with Crippen LogP contribution in [-0.2, 0) is 13.0 Å². The average Bonchev–Trinajstić information content (AvgIpc) is 3.32. The van der Waals surface area contributed by atoms with Crippen molar-refractivity contribution in [3.05, 3.63) is 59.8 Å². The number of aromatic amines is 1. The molecule has 0 saturated heterocycles. The standard InChI is InChI=1S/C24H24FN5O2/c1-2-32-17-9-7-15-12-21(26-19(15)14-17)24(31)27-20-13-16(8-10-18(20)25)23-29-28-22-6-4-3-5-11-30(22)23/h7-10,12-14,26H,2-6,11H2,1H3,(H,27,31). The van der Waals surface area contributed by atoms with Crippen LogP contribution in [0.4, 0.5) is 10.1 Å². The Kier molecular flexibility index (Phi) is 5.34. The number of halogens is 1. The van der Waals surface area contributed by atoms with Crippen LogP contribution in [0.1, 0.15) is 42.5 Å². The molecule has 0 spiro atoms. The van der Waals surface area contributed by atoms with Gasteiger partial charge in [0.2, 0.25) is 0 Å². The highest BCUT2D eigenvalue weighted by Crippen LogP contribution is 2.27. The van der Waals surface area contributed by atoms with Crippen LogP contribution in [-0.4, -0.2) is 32.3 Å². The van der Waals surface area contributed by atoms with Gasteiger partial charge in [-0.3, -0.25) is 4.79 Å². The first kappa shape index (κ1) is 20.2. The molecule has 0 fully saturated rings. The number of H-pyrrole nitrogens is 1. The molecule has 2 aromatic carbocycles. The predicted molar refractivity (Wildman–Crippen MR) is 120 cm³/mol. The molecule has 1 aliphatic rings. The summed E-state index contributed by atoms with van der Waals surface area (Å²) in [5, 5.41) is 12.2. The number of nitrogens with one attached hydrogen (secondary N) is 2. The van der Waals surface area contributed by atoms with E-state index in [9.17, 15) is 9.18 Å². The van der Waals surface area contributed by atoms with Gasteiger partial charge in [0.25, 0.3) is 5.91 Å². The number of aromatic nitrogens is 4. The fourth-order valence-corrected chi connectivity index (χ4v) is 4.13. The Bertz CT molecular complexity index is 1290. The third-order valence-electron chi connectivity index (χ3n) is 5.73. The Labute approximate surface area is 184 Å². The zero-order valence-electron chi connectivity index (χ0n) is 17.8. The second kappa shape index (κ2) is 8.45. The van der Waals surface area contributed by atoms with Crippen molar-refractivity contribution < 1.29 is 13.9 Å². The largest absolute Gasteiger partial charge is 0.494 e. The number of anilines is 1. The molecule has 2 aromatic heterocycles. The number of rotatable bonds is 5. The van der Waals surface area contributed by atoms with E-state index in [1.165, 1.54) is 6.07 Å². The van der Waals surface area contributed by atoms with Crippen molar-refractivity contribution in [2.24, 2.45) is 0 Å². The highest BCUT2D eigenvalue weighted by Gasteiger charge is 2.18. The molecule has 0 atom stereocenters. The van der Waals surface area contributed by atoms with Crippen molar-refractivity contribution >= 4 is 22.5 Å². The number of hydrogen-bond donors (Lipinski definition) is 2. The molecule has 32 heavy (non-hydrogen) atoms. The molecular weight excluding hydrogens is 409 g/mol. The Hall–Kier alpha value is -3.68. The summed E-state index contributed by atoms with van der Waals surface area (Å²) in [5.74, 6) is 1.45. The van der Waals surface area contributed by atoms with Crippen LogP contribution >= 0.6 is 0 Å². The normalized spacial score (nSPS) is 13.6. The van der Waals surface area contributed by atoms with E-state index in [1.54, 1.807) is 18.2 Å². The molecule has 164 valence electrons. The Morgan fingerprint density at radius 1 is 1.16 bits per heavy atom. The van der Waals surface area contributed by atoms with Gasteiger partial charge in [0, 0.05) is 35.5 Å². The van der Waals surface area contributed by atoms with Crippen LogP contribution in [0.5, 0.6) is 5.75 Å². The highest BCUT2D eigenvalue weighted by atomic mass is 19.1. The molecule has 0 radical (unpaired) electrons. The van der Waals surface area contributed by atoms with E-state index in [4.69, 9.17) is 4.74 Å².